The summed E-state index contributed by atoms with van der Waals surface area (Å²) in [4.78, 5) is 11.2. The summed E-state index contributed by atoms with van der Waals surface area (Å²) in [7, 11) is 1.36. The van der Waals surface area contributed by atoms with E-state index in [2.05, 4.69) is 14.9 Å². The van der Waals surface area contributed by atoms with Gasteiger partial charge in [-0.05, 0) is 12.8 Å². The highest BCUT2D eigenvalue weighted by atomic mass is 16.5. The van der Waals surface area contributed by atoms with Gasteiger partial charge >= 0.3 is 5.97 Å². The fraction of sp³-hybridized carbons (Fsp3) is 0.333. The van der Waals surface area contributed by atoms with Gasteiger partial charge in [-0.3, -0.25) is 5.10 Å². The Kier molecular flexibility index (Phi) is 1.88. The average Bonchev–Trinajstić information content (AvgIpc) is 2.60. The molecule has 1 aromatic heterocycles. The SMILES string of the molecule is COC(=O)c1n[nH]c2c1C=CCC2. The van der Waals surface area contributed by atoms with E-state index in [4.69, 9.17) is 0 Å². The lowest BCUT2D eigenvalue weighted by Crippen LogP contribution is -2.04. The van der Waals surface area contributed by atoms with Gasteiger partial charge in [-0.15, -0.1) is 0 Å². The molecule has 0 unspecified atom stereocenters. The van der Waals surface area contributed by atoms with Crippen molar-refractivity contribution >= 4 is 12.0 Å². The maximum atomic E-state index is 11.2. The standard InChI is InChI=1S/C9H10N2O2/c1-13-9(12)8-6-4-2-3-5-7(6)10-11-8/h2,4H,3,5H2,1H3,(H,10,11). The molecule has 0 bridgehead atoms. The number of aromatic amines is 1. The first-order valence-corrected chi connectivity index (χ1v) is 4.15. The minimum atomic E-state index is -0.385. The lowest BCUT2D eigenvalue weighted by molar-refractivity contribution is 0.0593. The van der Waals surface area contributed by atoms with E-state index < -0.39 is 0 Å². The van der Waals surface area contributed by atoms with Crippen LogP contribution in [0.25, 0.3) is 6.08 Å². The van der Waals surface area contributed by atoms with Gasteiger partial charge in [0.05, 0.1) is 7.11 Å². The molecule has 0 saturated carbocycles. The summed E-state index contributed by atoms with van der Waals surface area (Å²) >= 11 is 0. The normalized spacial score (nSPS) is 13.9. The van der Waals surface area contributed by atoms with E-state index in [0.29, 0.717) is 5.69 Å². The van der Waals surface area contributed by atoms with Crippen molar-refractivity contribution in [3.8, 4) is 0 Å². The number of aromatic nitrogens is 2. The lowest BCUT2D eigenvalue weighted by atomic mass is 10.0. The maximum absolute atomic E-state index is 11.2. The fourth-order valence-electron chi connectivity index (χ4n) is 1.44. The molecule has 0 radical (unpaired) electrons. The summed E-state index contributed by atoms with van der Waals surface area (Å²) < 4.78 is 4.61. The number of carbonyl (C=O) groups excluding carboxylic acids is 1. The number of fused-ring (bicyclic) bond motifs is 1. The first-order valence-electron chi connectivity index (χ1n) is 4.15. The summed E-state index contributed by atoms with van der Waals surface area (Å²) in [5.41, 5.74) is 2.27. The van der Waals surface area contributed by atoms with Crippen LogP contribution in [0.4, 0.5) is 0 Å². The van der Waals surface area contributed by atoms with Gasteiger partial charge in [-0.2, -0.15) is 5.10 Å². The van der Waals surface area contributed by atoms with Gasteiger partial charge in [-0.25, -0.2) is 4.79 Å². The number of rotatable bonds is 1. The molecule has 0 spiro atoms. The molecule has 1 aliphatic carbocycles. The molecule has 1 N–H and O–H groups in total. The molecule has 68 valence electrons. The number of allylic oxidation sites excluding steroid dienone is 1. The van der Waals surface area contributed by atoms with Crippen LogP contribution in [0.5, 0.6) is 0 Å². The van der Waals surface area contributed by atoms with Crippen LogP contribution in [-0.2, 0) is 11.2 Å². The topological polar surface area (TPSA) is 55.0 Å². The molecule has 1 aliphatic rings. The number of nitrogens with zero attached hydrogens (tertiary/aromatic N) is 1. The Labute approximate surface area is 75.6 Å². The molecule has 1 heterocycles. The third kappa shape index (κ3) is 1.24. The Hall–Kier alpha value is -1.58. The van der Waals surface area contributed by atoms with E-state index in [1.54, 1.807) is 0 Å². The number of methoxy groups -OCH3 is 1. The van der Waals surface area contributed by atoms with Crippen molar-refractivity contribution in [1.82, 2.24) is 10.2 Å². The maximum Gasteiger partial charge on any atom is 0.359 e. The Balaban J connectivity index is 2.44. The van der Waals surface area contributed by atoms with E-state index in [1.807, 2.05) is 12.2 Å². The molecule has 0 aliphatic heterocycles. The molecule has 0 atom stereocenters. The van der Waals surface area contributed by atoms with Crippen LogP contribution in [0.2, 0.25) is 0 Å². The second-order valence-corrected chi connectivity index (χ2v) is 2.90. The largest absolute Gasteiger partial charge is 0.464 e. The molecule has 0 saturated heterocycles. The molecule has 2 rings (SSSR count). The Morgan fingerprint density at radius 3 is 3.31 bits per heavy atom. The smallest absolute Gasteiger partial charge is 0.359 e. The number of hydrogen-bond acceptors (Lipinski definition) is 3. The zero-order valence-electron chi connectivity index (χ0n) is 7.33. The van der Waals surface area contributed by atoms with Crippen LogP contribution in [0.15, 0.2) is 6.08 Å². The van der Waals surface area contributed by atoms with Crippen molar-refractivity contribution in [3.05, 3.63) is 23.0 Å². The van der Waals surface area contributed by atoms with Crippen molar-refractivity contribution in [2.24, 2.45) is 0 Å². The second kappa shape index (κ2) is 3.05. The summed E-state index contributed by atoms with van der Waals surface area (Å²) in [5, 5.41) is 6.76. The van der Waals surface area contributed by atoms with E-state index in [9.17, 15) is 4.79 Å². The molecule has 0 aromatic carbocycles. The zero-order chi connectivity index (χ0) is 9.26. The molecule has 0 fully saturated rings. The van der Waals surface area contributed by atoms with Gasteiger partial charge in [0, 0.05) is 11.3 Å². The molecular formula is C9H10N2O2. The first-order chi connectivity index (χ1) is 6.33. The van der Waals surface area contributed by atoms with Crippen molar-refractivity contribution in [2.75, 3.05) is 7.11 Å². The first kappa shape index (κ1) is 8.04. The van der Waals surface area contributed by atoms with E-state index in [-0.39, 0.29) is 5.97 Å². The summed E-state index contributed by atoms with van der Waals surface area (Å²) in [6.45, 7) is 0. The highest BCUT2D eigenvalue weighted by Crippen LogP contribution is 2.20. The lowest BCUT2D eigenvalue weighted by Gasteiger charge is -2.03. The summed E-state index contributed by atoms with van der Waals surface area (Å²) in [6, 6.07) is 0. The van der Waals surface area contributed by atoms with Crippen molar-refractivity contribution in [2.45, 2.75) is 12.8 Å². The quantitative estimate of drug-likeness (QED) is 0.656. The minimum absolute atomic E-state index is 0.383. The highest BCUT2D eigenvalue weighted by molar-refractivity contribution is 5.92. The number of nitrogens with one attached hydrogen (secondary N) is 1. The van der Waals surface area contributed by atoms with Gasteiger partial charge in [-0.1, -0.05) is 12.2 Å². The van der Waals surface area contributed by atoms with Gasteiger partial charge < -0.3 is 4.74 Å². The monoisotopic (exact) mass is 178 g/mol. The van der Waals surface area contributed by atoms with Crippen LogP contribution in [-0.4, -0.2) is 23.3 Å². The summed E-state index contributed by atoms with van der Waals surface area (Å²) in [5.74, 6) is -0.385. The molecule has 13 heavy (non-hydrogen) atoms. The molecular weight excluding hydrogens is 168 g/mol. The van der Waals surface area contributed by atoms with Crippen LogP contribution in [0.1, 0.15) is 28.2 Å². The Morgan fingerprint density at radius 2 is 2.54 bits per heavy atom. The van der Waals surface area contributed by atoms with Gasteiger partial charge in [0.1, 0.15) is 0 Å². The summed E-state index contributed by atoms with van der Waals surface area (Å²) in [6.07, 6.45) is 5.85. The van der Waals surface area contributed by atoms with Gasteiger partial charge in [0.2, 0.25) is 0 Å². The Morgan fingerprint density at radius 1 is 1.69 bits per heavy atom. The third-order valence-electron chi connectivity index (χ3n) is 2.11. The minimum Gasteiger partial charge on any atom is -0.464 e. The number of aryl methyl sites for hydroxylation is 1. The Bertz CT molecular complexity index is 366. The zero-order valence-corrected chi connectivity index (χ0v) is 7.33. The van der Waals surface area contributed by atoms with Gasteiger partial charge in [0.15, 0.2) is 5.69 Å². The second-order valence-electron chi connectivity index (χ2n) is 2.90. The molecule has 1 aromatic rings. The van der Waals surface area contributed by atoms with Crippen LogP contribution < -0.4 is 0 Å². The van der Waals surface area contributed by atoms with Crippen LogP contribution >= 0.6 is 0 Å². The number of ether oxygens (including phenoxy) is 1. The fourth-order valence-corrected chi connectivity index (χ4v) is 1.44. The van der Waals surface area contributed by atoms with Crippen molar-refractivity contribution in [1.29, 1.82) is 0 Å². The number of carbonyl (C=O) groups is 1. The van der Waals surface area contributed by atoms with Crippen LogP contribution in [0, 0.1) is 0 Å². The van der Waals surface area contributed by atoms with E-state index in [0.717, 1.165) is 24.1 Å². The van der Waals surface area contributed by atoms with E-state index >= 15 is 0 Å². The average molecular weight is 178 g/mol. The predicted octanol–water partition coefficient (Wildman–Crippen LogP) is 1.16. The molecule has 4 heteroatoms. The number of H-pyrrole nitrogens is 1. The van der Waals surface area contributed by atoms with Gasteiger partial charge in [0.25, 0.3) is 0 Å². The molecule has 0 amide bonds. The number of hydrogen-bond donors (Lipinski definition) is 1. The third-order valence-corrected chi connectivity index (χ3v) is 2.11. The van der Waals surface area contributed by atoms with Crippen LogP contribution in [0.3, 0.4) is 0 Å². The van der Waals surface area contributed by atoms with Crippen molar-refractivity contribution < 1.29 is 9.53 Å². The predicted molar refractivity (Wildman–Crippen MR) is 47.3 cm³/mol. The van der Waals surface area contributed by atoms with E-state index in [1.165, 1.54) is 7.11 Å². The number of esters is 1. The van der Waals surface area contributed by atoms with Crippen molar-refractivity contribution in [3.63, 3.8) is 0 Å². The highest BCUT2D eigenvalue weighted by Gasteiger charge is 2.19. The molecule has 4 nitrogen and oxygen atoms in total.